The van der Waals surface area contributed by atoms with Crippen molar-refractivity contribution in [1.29, 1.82) is 0 Å². The van der Waals surface area contributed by atoms with E-state index in [-0.39, 0.29) is 18.9 Å². The Balaban J connectivity index is 0. The molecule has 0 heterocycles. The van der Waals surface area contributed by atoms with Gasteiger partial charge in [-0.15, -0.1) is 0 Å². The predicted octanol–water partition coefficient (Wildman–Crippen LogP) is 0.478. The number of hydrogen-bond acceptors (Lipinski definition) is 1. The fourth-order valence-electron chi connectivity index (χ4n) is 0. The molecule has 0 amide bonds. The summed E-state index contributed by atoms with van der Waals surface area (Å²) in [7, 11) is 3.01. The molecule has 0 fully saturated rings. The topological polar surface area (TPSA) is 3.24 Å². The molecule has 0 N–H and O–H groups in total. The zero-order valence-corrected chi connectivity index (χ0v) is 6.65. The van der Waals surface area contributed by atoms with Gasteiger partial charge in [0.15, 0.2) is 0 Å². The Bertz CT molecular complexity index is 57.9. The van der Waals surface area contributed by atoms with Crippen LogP contribution < -0.4 is 0 Å². The Morgan fingerprint density at radius 3 is 1.38 bits per heavy atom. The molecule has 0 bridgehead atoms. The van der Waals surface area contributed by atoms with E-state index in [0.717, 1.165) is 0 Å². The Hall–Kier alpha value is 0.774. The molecule has 0 aliphatic rings. The SMILES string of the molecule is [CH2][Si](C)(C)N(C)C.[LiH]. The van der Waals surface area contributed by atoms with E-state index in [1.807, 2.05) is 0 Å². The van der Waals surface area contributed by atoms with Gasteiger partial charge in [0.05, 0.1) is 0 Å². The fourth-order valence-corrected chi connectivity index (χ4v) is 0. The summed E-state index contributed by atoms with van der Waals surface area (Å²) in [6.07, 6.45) is 0. The molecule has 0 aliphatic carbocycles. The van der Waals surface area contributed by atoms with Crippen LogP contribution in [0.15, 0.2) is 0 Å². The minimum absolute atomic E-state index is 0. The van der Waals surface area contributed by atoms with Gasteiger partial charge < -0.3 is 4.57 Å². The van der Waals surface area contributed by atoms with E-state index in [2.05, 4.69) is 38.3 Å². The predicted molar refractivity (Wildman–Crippen MR) is 43.7 cm³/mol. The van der Waals surface area contributed by atoms with Crippen LogP contribution in [0.2, 0.25) is 13.1 Å². The van der Waals surface area contributed by atoms with Crippen molar-refractivity contribution in [2.45, 2.75) is 13.1 Å². The van der Waals surface area contributed by atoms with Gasteiger partial charge >= 0.3 is 18.9 Å². The van der Waals surface area contributed by atoms with Crippen molar-refractivity contribution in [3.8, 4) is 0 Å². The molecule has 0 saturated heterocycles. The zero-order valence-electron chi connectivity index (χ0n) is 5.65. The fraction of sp³-hybridized carbons (Fsp3) is 0.800. The molecule has 0 aromatic rings. The summed E-state index contributed by atoms with van der Waals surface area (Å²) in [6.45, 7) is 8.47. The summed E-state index contributed by atoms with van der Waals surface area (Å²) < 4.78 is 2.22. The second-order valence-corrected chi connectivity index (χ2v) is 7.23. The van der Waals surface area contributed by atoms with Crippen molar-refractivity contribution < 1.29 is 0 Å². The molecule has 3 heteroatoms. The molecule has 1 nitrogen and oxygen atoms in total. The number of nitrogens with zero attached hydrogens (tertiary/aromatic N) is 1. The summed E-state index contributed by atoms with van der Waals surface area (Å²) in [4.78, 5) is 0. The van der Waals surface area contributed by atoms with E-state index in [1.165, 1.54) is 0 Å². The third-order valence-corrected chi connectivity index (χ3v) is 3.63. The van der Waals surface area contributed by atoms with E-state index >= 15 is 0 Å². The van der Waals surface area contributed by atoms with Crippen molar-refractivity contribution in [2.75, 3.05) is 14.1 Å². The average molecular weight is 124 g/mol. The Kier molecular flexibility index (Phi) is 5.39. The van der Waals surface area contributed by atoms with Crippen LogP contribution in [0.1, 0.15) is 0 Å². The molecule has 0 rings (SSSR count). The van der Waals surface area contributed by atoms with Crippen LogP contribution in [-0.4, -0.2) is 45.8 Å². The molecule has 0 spiro atoms. The van der Waals surface area contributed by atoms with Crippen LogP contribution in [0, 0.1) is 6.55 Å². The summed E-state index contributed by atoms with van der Waals surface area (Å²) in [5, 5.41) is 0. The third-order valence-electron chi connectivity index (χ3n) is 1.21. The van der Waals surface area contributed by atoms with Crippen LogP contribution >= 0.6 is 0 Å². The molecule has 0 saturated carbocycles. The Morgan fingerprint density at radius 1 is 1.25 bits per heavy atom. The number of rotatable bonds is 1. The normalized spacial score (nSPS) is 11.2. The van der Waals surface area contributed by atoms with Gasteiger partial charge in [-0.3, -0.25) is 0 Å². The summed E-state index contributed by atoms with van der Waals surface area (Å²) in [5.41, 5.74) is 0. The summed E-state index contributed by atoms with van der Waals surface area (Å²) in [6, 6.07) is 0. The van der Waals surface area contributed by atoms with Gasteiger partial charge in [-0.1, -0.05) is 13.1 Å². The van der Waals surface area contributed by atoms with Gasteiger partial charge in [-0.25, -0.2) is 0 Å². The molecular weight excluding hydrogens is 109 g/mol. The van der Waals surface area contributed by atoms with E-state index in [4.69, 9.17) is 0 Å². The second-order valence-electron chi connectivity index (χ2n) is 2.71. The first-order valence-electron chi connectivity index (χ1n) is 2.47. The second kappa shape index (κ2) is 3.73. The molecule has 45 valence electrons. The van der Waals surface area contributed by atoms with Crippen molar-refractivity contribution in [2.24, 2.45) is 0 Å². The monoisotopic (exact) mass is 124 g/mol. The van der Waals surface area contributed by atoms with Crippen LogP contribution in [-0.2, 0) is 0 Å². The first-order valence-corrected chi connectivity index (χ1v) is 5.63. The Morgan fingerprint density at radius 2 is 1.38 bits per heavy atom. The van der Waals surface area contributed by atoms with Gasteiger partial charge in [0.2, 0.25) is 0 Å². The van der Waals surface area contributed by atoms with E-state index in [0.29, 0.717) is 0 Å². The first kappa shape index (κ1) is 11.6. The van der Waals surface area contributed by atoms with Crippen LogP contribution in [0.25, 0.3) is 0 Å². The average Bonchev–Trinajstić information content (AvgIpc) is 1.31. The standard InChI is InChI=1S/C5H14NSi.Li.H/c1-6(2)7(3,4)5;;/h3H2,1-2,4-5H3;;. The molecule has 0 aliphatic heterocycles. The van der Waals surface area contributed by atoms with E-state index < -0.39 is 8.24 Å². The third kappa shape index (κ3) is 4.92. The van der Waals surface area contributed by atoms with Crippen LogP contribution in [0.4, 0.5) is 0 Å². The summed E-state index contributed by atoms with van der Waals surface area (Å²) in [5.74, 6) is 0. The molecule has 0 atom stereocenters. The molecule has 1 radical (unpaired) electrons. The van der Waals surface area contributed by atoms with Crippen molar-refractivity contribution >= 4 is 27.1 Å². The first-order chi connectivity index (χ1) is 2.94. The van der Waals surface area contributed by atoms with Crippen LogP contribution in [0.5, 0.6) is 0 Å². The zero-order chi connectivity index (χ0) is 6.08. The van der Waals surface area contributed by atoms with Gasteiger partial charge in [-0.2, -0.15) is 0 Å². The van der Waals surface area contributed by atoms with Gasteiger partial charge in [-0.05, 0) is 20.6 Å². The number of hydrogen-bond donors (Lipinski definition) is 0. The maximum absolute atomic E-state index is 4.03. The molecule has 8 heavy (non-hydrogen) atoms. The van der Waals surface area contributed by atoms with E-state index in [1.54, 1.807) is 0 Å². The molecule has 0 unspecified atom stereocenters. The van der Waals surface area contributed by atoms with Crippen molar-refractivity contribution in [3.63, 3.8) is 0 Å². The van der Waals surface area contributed by atoms with E-state index in [9.17, 15) is 0 Å². The molecule has 0 aromatic heterocycles. The Labute approximate surface area is 65.7 Å². The van der Waals surface area contributed by atoms with Crippen LogP contribution in [0.3, 0.4) is 0 Å². The maximum atomic E-state index is 4.03. The van der Waals surface area contributed by atoms with Gasteiger partial charge in [0.25, 0.3) is 0 Å². The molecule has 0 aromatic carbocycles. The van der Waals surface area contributed by atoms with Crippen molar-refractivity contribution in [3.05, 3.63) is 6.55 Å². The quantitative estimate of drug-likeness (QED) is 0.459. The minimum atomic E-state index is -1.15. The van der Waals surface area contributed by atoms with Gasteiger partial charge in [0.1, 0.15) is 8.24 Å². The summed E-state index contributed by atoms with van der Waals surface area (Å²) >= 11 is 0. The molecular formula is C5H15LiNSi. The van der Waals surface area contributed by atoms with Gasteiger partial charge in [0, 0.05) is 0 Å². The van der Waals surface area contributed by atoms with Crippen molar-refractivity contribution in [1.82, 2.24) is 4.57 Å².